The maximum absolute atomic E-state index is 13.0. The normalized spacial score (nSPS) is 18.3. The van der Waals surface area contributed by atoms with E-state index >= 15 is 0 Å². The molecule has 0 spiro atoms. The van der Waals surface area contributed by atoms with Gasteiger partial charge in [0.25, 0.3) is 11.8 Å². The first-order valence-electron chi connectivity index (χ1n) is 12.3. The molecule has 3 amide bonds. The molecular weight excluding hydrogens is 472 g/mol. The van der Waals surface area contributed by atoms with Crippen molar-refractivity contribution in [1.82, 2.24) is 25.5 Å². The molecule has 37 heavy (non-hydrogen) atoms. The zero-order chi connectivity index (χ0) is 25.9. The quantitative estimate of drug-likeness (QED) is 0.406. The fraction of sp³-hybridized carbons (Fsp3) is 0.296. The molecule has 5 rings (SSSR count). The molecule has 10 heteroatoms. The van der Waals surface area contributed by atoms with E-state index in [9.17, 15) is 14.4 Å². The van der Waals surface area contributed by atoms with Gasteiger partial charge in [-0.15, -0.1) is 0 Å². The van der Waals surface area contributed by atoms with Gasteiger partial charge < -0.3 is 26.4 Å². The van der Waals surface area contributed by atoms with Gasteiger partial charge in [-0.3, -0.25) is 9.59 Å². The van der Waals surface area contributed by atoms with Crippen LogP contribution in [0.5, 0.6) is 0 Å². The molecule has 5 N–H and O–H groups in total. The highest BCUT2D eigenvalue weighted by atomic mass is 16.4. The Hall–Kier alpha value is -4.47. The minimum absolute atomic E-state index is 0.00590. The molecule has 1 aromatic heterocycles. The van der Waals surface area contributed by atoms with E-state index < -0.39 is 12.0 Å². The van der Waals surface area contributed by atoms with Crippen molar-refractivity contribution in [2.75, 3.05) is 25.4 Å². The summed E-state index contributed by atoms with van der Waals surface area (Å²) < 4.78 is 0. The van der Waals surface area contributed by atoms with Gasteiger partial charge in [0, 0.05) is 30.8 Å². The number of carbonyl (C=O) groups excluding carboxylic acids is 2. The second-order valence-electron chi connectivity index (χ2n) is 9.43. The lowest BCUT2D eigenvalue weighted by Crippen LogP contribution is -2.33. The van der Waals surface area contributed by atoms with Crippen molar-refractivity contribution < 1.29 is 19.5 Å². The van der Waals surface area contributed by atoms with E-state index in [1.54, 1.807) is 24.3 Å². The van der Waals surface area contributed by atoms with E-state index in [1.807, 2.05) is 12.1 Å². The maximum atomic E-state index is 13.0. The SMILES string of the molecule is Nc1ncc(-c2cccc(C(=O)N[C@H]3CCc4ccccc43)c2)nc1C(=O)NC[C@H]1CCN(C(=O)O)C1. The number of hydrogen-bond donors (Lipinski definition) is 4. The van der Waals surface area contributed by atoms with Gasteiger partial charge in [-0.1, -0.05) is 36.4 Å². The molecule has 2 aromatic carbocycles. The predicted molar refractivity (Wildman–Crippen MR) is 137 cm³/mol. The number of amides is 3. The Balaban J connectivity index is 1.27. The summed E-state index contributed by atoms with van der Waals surface area (Å²) in [5.74, 6) is -0.639. The van der Waals surface area contributed by atoms with Crippen LogP contribution in [0.25, 0.3) is 11.3 Å². The van der Waals surface area contributed by atoms with E-state index in [1.165, 1.54) is 16.7 Å². The number of anilines is 1. The Morgan fingerprint density at radius 3 is 2.73 bits per heavy atom. The largest absolute Gasteiger partial charge is 0.465 e. The van der Waals surface area contributed by atoms with Crippen molar-refractivity contribution in [3.05, 3.63) is 77.1 Å². The minimum Gasteiger partial charge on any atom is -0.465 e. The summed E-state index contributed by atoms with van der Waals surface area (Å²) in [6.07, 6.45) is 2.99. The lowest BCUT2D eigenvalue weighted by Gasteiger charge is -2.15. The fourth-order valence-electron chi connectivity index (χ4n) is 4.97. The van der Waals surface area contributed by atoms with Crippen molar-refractivity contribution in [2.45, 2.75) is 25.3 Å². The van der Waals surface area contributed by atoms with Crippen LogP contribution in [0.2, 0.25) is 0 Å². The van der Waals surface area contributed by atoms with Crippen molar-refractivity contribution >= 4 is 23.7 Å². The van der Waals surface area contributed by atoms with Crippen LogP contribution in [0.15, 0.2) is 54.7 Å². The Bertz CT molecular complexity index is 1360. The van der Waals surface area contributed by atoms with Crippen LogP contribution in [0.4, 0.5) is 10.6 Å². The van der Waals surface area contributed by atoms with E-state index in [2.05, 4.69) is 32.7 Å². The number of likely N-dealkylation sites (tertiary alicyclic amines) is 1. The first-order chi connectivity index (χ1) is 17.9. The number of benzene rings is 2. The molecule has 2 aliphatic rings. The topological polar surface area (TPSA) is 151 Å². The third-order valence-corrected chi connectivity index (χ3v) is 6.98. The average molecular weight is 501 g/mol. The number of nitrogen functional groups attached to an aromatic ring is 1. The second-order valence-corrected chi connectivity index (χ2v) is 9.43. The summed E-state index contributed by atoms with van der Waals surface area (Å²) in [7, 11) is 0. The lowest BCUT2D eigenvalue weighted by molar-refractivity contribution is 0.0930. The molecule has 1 aliphatic carbocycles. The van der Waals surface area contributed by atoms with Crippen LogP contribution >= 0.6 is 0 Å². The highest BCUT2D eigenvalue weighted by molar-refractivity contribution is 5.97. The van der Waals surface area contributed by atoms with E-state index in [4.69, 9.17) is 10.8 Å². The number of nitrogens with two attached hydrogens (primary N) is 1. The highest BCUT2D eigenvalue weighted by Crippen LogP contribution is 2.31. The smallest absolute Gasteiger partial charge is 0.407 e. The van der Waals surface area contributed by atoms with Crippen molar-refractivity contribution in [2.24, 2.45) is 5.92 Å². The number of carboxylic acid groups (broad SMARTS) is 1. The number of carbonyl (C=O) groups is 3. The zero-order valence-corrected chi connectivity index (χ0v) is 20.2. The third kappa shape index (κ3) is 5.23. The number of nitrogens with zero attached hydrogens (tertiary/aromatic N) is 3. The van der Waals surface area contributed by atoms with E-state index in [0.29, 0.717) is 42.9 Å². The van der Waals surface area contributed by atoms with Crippen LogP contribution in [-0.4, -0.2) is 57.5 Å². The number of fused-ring (bicyclic) bond motifs is 1. The predicted octanol–water partition coefficient (Wildman–Crippen LogP) is 2.87. The van der Waals surface area contributed by atoms with Crippen LogP contribution in [-0.2, 0) is 6.42 Å². The van der Waals surface area contributed by atoms with Gasteiger partial charge in [0.2, 0.25) is 0 Å². The second kappa shape index (κ2) is 10.3. The molecular formula is C27H28N6O4. The maximum Gasteiger partial charge on any atom is 0.407 e. The first-order valence-corrected chi connectivity index (χ1v) is 12.3. The van der Waals surface area contributed by atoms with Crippen LogP contribution in [0.3, 0.4) is 0 Å². The van der Waals surface area contributed by atoms with E-state index in [0.717, 1.165) is 18.4 Å². The third-order valence-electron chi connectivity index (χ3n) is 6.98. The molecule has 1 fully saturated rings. The molecule has 10 nitrogen and oxygen atoms in total. The molecule has 3 aromatic rings. The average Bonchev–Trinajstić information content (AvgIpc) is 3.55. The Morgan fingerprint density at radius 1 is 1.08 bits per heavy atom. The van der Waals surface area contributed by atoms with Crippen molar-refractivity contribution in [3.63, 3.8) is 0 Å². The number of aromatic nitrogens is 2. The molecule has 0 radical (unpaired) electrons. The monoisotopic (exact) mass is 500 g/mol. The summed E-state index contributed by atoms with van der Waals surface area (Å²) in [6, 6.07) is 15.1. The number of hydrogen-bond acceptors (Lipinski definition) is 6. The van der Waals surface area contributed by atoms with Crippen molar-refractivity contribution in [3.8, 4) is 11.3 Å². The molecule has 2 atom stereocenters. The van der Waals surface area contributed by atoms with Gasteiger partial charge in [0.15, 0.2) is 11.5 Å². The standard InChI is InChI=1S/C27H28N6O4/c28-24-23(26(35)30-13-16-10-11-33(15-16)27(36)37)31-22(14-29-24)18-5-3-6-19(12-18)25(34)32-21-9-8-17-4-1-2-7-20(17)21/h1-7,12,14,16,21H,8-11,13,15H2,(H2,28,29)(H,30,35)(H,32,34)(H,36,37)/t16-,21+/m1/s1. The summed E-state index contributed by atoms with van der Waals surface area (Å²) in [4.78, 5) is 46.8. The van der Waals surface area contributed by atoms with Gasteiger partial charge >= 0.3 is 6.09 Å². The van der Waals surface area contributed by atoms with E-state index in [-0.39, 0.29) is 29.4 Å². The van der Waals surface area contributed by atoms with Gasteiger partial charge in [0.05, 0.1) is 17.9 Å². The minimum atomic E-state index is -0.958. The lowest BCUT2D eigenvalue weighted by atomic mass is 10.1. The number of nitrogens with one attached hydrogen (secondary N) is 2. The molecule has 0 unspecified atom stereocenters. The number of rotatable bonds is 6. The number of aryl methyl sites for hydroxylation is 1. The van der Waals surface area contributed by atoms with Crippen LogP contribution < -0.4 is 16.4 Å². The summed E-state index contributed by atoms with van der Waals surface area (Å²) in [5.41, 5.74) is 9.87. The van der Waals surface area contributed by atoms with Gasteiger partial charge in [-0.05, 0) is 48.4 Å². The van der Waals surface area contributed by atoms with Gasteiger partial charge in [-0.2, -0.15) is 0 Å². The first kappa shape index (κ1) is 24.2. The van der Waals surface area contributed by atoms with Crippen molar-refractivity contribution in [1.29, 1.82) is 0 Å². The molecule has 0 saturated carbocycles. The Morgan fingerprint density at radius 2 is 1.92 bits per heavy atom. The van der Waals surface area contributed by atoms with Gasteiger partial charge in [0.1, 0.15) is 0 Å². The molecule has 1 aliphatic heterocycles. The summed E-state index contributed by atoms with van der Waals surface area (Å²) in [5, 5.41) is 15.0. The molecule has 1 saturated heterocycles. The molecule has 0 bridgehead atoms. The fourth-order valence-corrected chi connectivity index (χ4v) is 4.97. The summed E-state index contributed by atoms with van der Waals surface area (Å²) in [6.45, 7) is 1.14. The Kier molecular flexibility index (Phi) is 6.72. The molecule has 2 heterocycles. The van der Waals surface area contributed by atoms with Crippen LogP contribution in [0, 0.1) is 5.92 Å². The highest BCUT2D eigenvalue weighted by Gasteiger charge is 2.27. The Labute approximate surface area is 213 Å². The summed E-state index contributed by atoms with van der Waals surface area (Å²) >= 11 is 0. The van der Waals surface area contributed by atoms with Crippen LogP contribution in [0.1, 0.15) is 50.9 Å². The zero-order valence-electron chi connectivity index (χ0n) is 20.2. The molecule has 190 valence electrons. The van der Waals surface area contributed by atoms with Gasteiger partial charge in [-0.25, -0.2) is 14.8 Å².